The van der Waals surface area contributed by atoms with Gasteiger partial charge in [-0.05, 0) is 48.4 Å². The standard InChI is InChI=1S/C23H20FN3O3/c24-17-3-1-15(2-4-17)13-30-19-7-9-27(22(28)12-19)18-5-6-20-21(11-18)26-23(25-20)16-8-10-29-14-16/h1-7,9,11-12,16H,8,10,13-14H2,(H,25,26). The van der Waals surface area contributed by atoms with Crippen LogP contribution in [0.5, 0.6) is 5.75 Å². The number of hydrogen-bond acceptors (Lipinski definition) is 4. The Bertz CT molecular complexity index is 1240. The second kappa shape index (κ2) is 7.76. The molecule has 0 amide bonds. The minimum Gasteiger partial charge on any atom is -0.489 e. The largest absolute Gasteiger partial charge is 0.489 e. The van der Waals surface area contributed by atoms with Gasteiger partial charge in [-0.1, -0.05) is 12.1 Å². The topological polar surface area (TPSA) is 69.1 Å². The molecule has 4 aromatic rings. The number of ether oxygens (including phenoxy) is 2. The monoisotopic (exact) mass is 405 g/mol. The molecule has 0 spiro atoms. The van der Waals surface area contributed by atoms with E-state index in [0.29, 0.717) is 18.3 Å². The molecule has 0 bridgehead atoms. The highest BCUT2D eigenvalue weighted by molar-refractivity contribution is 5.77. The molecule has 1 fully saturated rings. The summed E-state index contributed by atoms with van der Waals surface area (Å²) in [7, 11) is 0. The second-order valence-electron chi connectivity index (χ2n) is 7.37. The zero-order chi connectivity index (χ0) is 20.5. The van der Waals surface area contributed by atoms with E-state index in [-0.39, 0.29) is 18.0 Å². The smallest absolute Gasteiger partial charge is 0.258 e. The third kappa shape index (κ3) is 3.71. The Balaban J connectivity index is 1.36. The van der Waals surface area contributed by atoms with Crippen LogP contribution in [0.25, 0.3) is 16.7 Å². The zero-order valence-corrected chi connectivity index (χ0v) is 16.2. The number of rotatable bonds is 5. The highest BCUT2D eigenvalue weighted by Crippen LogP contribution is 2.26. The average Bonchev–Trinajstić information content (AvgIpc) is 3.42. The highest BCUT2D eigenvalue weighted by atomic mass is 19.1. The van der Waals surface area contributed by atoms with Crippen LogP contribution in [-0.4, -0.2) is 27.7 Å². The van der Waals surface area contributed by atoms with E-state index in [4.69, 9.17) is 9.47 Å². The van der Waals surface area contributed by atoms with E-state index in [0.717, 1.165) is 41.1 Å². The van der Waals surface area contributed by atoms with Crippen LogP contribution in [0, 0.1) is 5.82 Å². The van der Waals surface area contributed by atoms with Gasteiger partial charge < -0.3 is 14.5 Å². The van der Waals surface area contributed by atoms with Gasteiger partial charge in [0.2, 0.25) is 0 Å². The molecule has 1 unspecified atom stereocenters. The summed E-state index contributed by atoms with van der Waals surface area (Å²) in [5.41, 5.74) is 3.13. The van der Waals surface area contributed by atoms with Crippen molar-refractivity contribution in [3.63, 3.8) is 0 Å². The number of hydrogen-bond donors (Lipinski definition) is 1. The molecule has 2 aromatic heterocycles. The van der Waals surface area contributed by atoms with Crippen molar-refractivity contribution < 1.29 is 13.9 Å². The van der Waals surface area contributed by atoms with Crippen LogP contribution in [-0.2, 0) is 11.3 Å². The Kier molecular flexibility index (Phi) is 4.80. The first kappa shape index (κ1) is 18.6. The van der Waals surface area contributed by atoms with E-state index in [9.17, 15) is 9.18 Å². The number of aromatic nitrogens is 3. The Morgan fingerprint density at radius 3 is 2.80 bits per heavy atom. The SMILES string of the molecule is O=c1cc(OCc2ccc(F)cc2)ccn1-c1ccc2nc(C3CCOC3)[nH]c2c1. The van der Waals surface area contributed by atoms with E-state index in [2.05, 4.69) is 9.97 Å². The summed E-state index contributed by atoms with van der Waals surface area (Å²) in [4.78, 5) is 20.7. The number of pyridine rings is 1. The van der Waals surface area contributed by atoms with Crippen molar-refractivity contribution in [2.24, 2.45) is 0 Å². The molecule has 0 radical (unpaired) electrons. The number of fused-ring (bicyclic) bond motifs is 1. The van der Waals surface area contributed by atoms with Crippen molar-refractivity contribution in [1.82, 2.24) is 14.5 Å². The first-order valence-electron chi connectivity index (χ1n) is 9.83. The molecule has 1 aliphatic heterocycles. The Hall–Kier alpha value is -3.45. The predicted octanol–water partition coefficient (Wildman–Crippen LogP) is 3.94. The number of imidazole rings is 1. The molecule has 3 heterocycles. The first-order valence-corrected chi connectivity index (χ1v) is 9.83. The molecule has 0 saturated carbocycles. The van der Waals surface area contributed by atoms with Crippen molar-refractivity contribution in [3.05, 3.63) is 88.4 Å². The lowest BCUT2D eigenvalue weighted by molar-refractivity contribution is 0.193. The van der Waals surface area contributed by atoms with Crippen molar-refractivity contribution in [2.45, 2.75) is 18.9 Å². The number of nitrogens with one attached hydrogen (secondary N) is 1. The van der Waals surface area contributed by atoms with Gasteiger partial charge in [-0.3, -0.25) is 9.36 Å². The van der Waals surface area contributed by atoms with Crippen LogP contribution in [0.15, 0.2) is 65.6 Å². The summed E-state index contributed by atoms with van der Waals surface area (Å²) < 4.78 is 25.7. The van der Waals surface area contributed by atoms with E-state index in [1.54, 1.807) is 29.0 Å². The van der Waals surface area contributed by atoms with E-state index in [1.807, 2.05) is 18.2 Å². The minimum absolute atomic E-state index is 0.199. The van der Waals surface area contributed by atoms with Gasteiger partial charge in [0.15, 0.2) is 0 Å². The summed E-state index contributed by atoms with van der Waals surface area (Å²) in [6.07, 6.45) is 2.65. The van der Waals surface area contributed by atoms with Gasteiger partial charge >= 0.3 is 0 Å². The molecular formula is C23H20FN3O3. The lowest BCUT2D eigenvalue weighted by Gasteiger charge is -2.09. The molecule has 6 nitrogen and oxygen atoms in total. The number of aromatic amines is 1. The van der Waals surface area contributed by atoms with Gasteiger partial charge in [0.05, 0.1) is 23.3 Å². The molecule has 30 heavy (non-hydrogen) atoms. The maximum Gasteiger partial charge on any atom is 0.258 e. The van der Waals surface area contributed by atoms with Crippen LogP contribution in [0.2, 0.25) is 0 Å². The van der Waals surface area contributed by atoms with Crippen LogP contribution in [0.1, 0.15) is 23.7 Å². The van der Waals surface area contributed by atoms with Gasteiger partial charge in [0.25, 0.3) is 5.56 Å². The fraction of sp³-hybridized carbons (Fsp3) is 0.217. The summed E-state index contributed by atoms with van der Waals surface area (Å²) in [5.74, 6) is 1.39. The number of H-pyrrole nitrogens is 1. The van der Waals surface area contributed by atoms with Gasteiger partial charge in [0.1, 0.15) is 24.0 Å². The van der Waals surface area contributed by atoms with Crippen LogP contribution < -0.4 is 10.3 Å². The fourth-order valence-corrected chi connectivity index (χ4v) is 3.62. The van der Waals surface area contributed by atoms with Gasteiger partial charge in [-0.15, -0.1) is 0 Å². The Labute approximate surface area is 171 Å². The number of nitrogens with zero attached hydrogens (tertiary/aromatic N) is 2. The van der Waals surface area contributed by atoms with Crippen LogP contribution >= 0.6 is 0 Å². The molecule has 5 rings (SSSR count). The lowest BCUT2D eigenvalue weighted by atomic mass is 10.1. The lowest BCUT2D eigenvalue weighted by Crippen LogP contribution is -2.16. The maximum atomic E-state index is 13.0. The second-order valence-corrected chi connectivity index (χ2v) is 7.37. The first-order chi connectivity index (χ1) is 14.7. The van der Waals surface area contributed by atoms with Crippen molar-refractivity contribution >= 4 is 11.0 Å². The molecular weight excluding hydrogens is 385 g/mol. The minimum atomic E-state index is -0.292. The van der Waals surface area contributed by atoms with Crippen molar-refractivity contribution in [3.8, 4) is 11.4 Å². The van der Waals surface area contributed by atoms with Gasteiger partial charge in [-0.25, -0.2) is 9.37 Å². The van der Waals surface area contributed by atoms with E-state index >= 15 is 0 Å². The zero-order valence-electron chi connectivity index (χ0n) is 16.2. The third-order valence-electron chi connectivity index (χ3n) is 5.29. The van der Waals surface area contributed by atoms with E-state index in [1.165, 1.54) is 18.2 Å². The molecule has 7 heteroatoms. The van der Waals surface area contributed by atoms with Crippen molar-refractivity contribution in [1.29, 1.82) is 0 Å². The summed E-state index contributed by atoms with van der Waals surface area (Å²) >= 11 is 0. The molecule has 1 saturated heterocycles. The number of benzene rings is 2. The summed E-state index contributed by atoms with van der Waals surface area (Å²) in [5, 5.41) is 0. The summed E-state index contributed by atoms with van der Waals surface area (Å²) in [6.45, 7) is 1.71. The third-order valence-corrected chi connectivity index (χ3v) is 5.29. The average molecular weight is 405 g/mol. The van der Waals surface area contributed by atoms with Gasteiger partial charge in [0, 0.05) is 24.8 Å². The molecule has 2 aromatic carbocycles. The normalized spacial score (nSPS) is 16.2. The summed E-state index contributed by atoms with van der Waals surface area (Å²) in [6, 6.07) is 15.0. The highest BCUT2D eigenvalue weighted by Gasteiger charge is 2.21. The van der Waals surface area contributed by atoms with Gasteiger partial charge in [-0.2, -0.15) is 0 Å². The van der Waals surface area contributed by atoms with Crippen LogP contribution in [0.3, 0.4) is 0 Å². The Morgan fingerprint density at radius 1 is 1.17 bits per heavy atom. The molecule has 0 aliphatic carbocycles. The molecule has 1 N–H and O–H groups in total. The van der Waals surface area contributed by atoms with Crippen LogP contribution in [0.4, 0.5) is 4.39 Å². The van der Waals surface area contributed by atoms with Crippen molar-refractivity contribution in [2.75, 3.05) is 13.2 Å². The molecule has 1 atom stereocenters. The molecule has 1 aliphatic rings. The fourth-order valence-electron chi connectivity index (χ4n) is 3.62. The number of halogens is 1. The molecule has 152 valence electrons. The Morgan fingerprint density at radius 2 is 2.03 bits per heavy atom. The van der Waals surface area contributed by atoms with E-state index < -0.39 is 0 Å². The predicted molar refractivity (Wildman–Crippen MR) is 111 cm³/mol. The maximum absolute atomic E-state index is 13.0. The quantitative estimate of drug-likeness (QED) is 0.546.